The second-order valence-electron chi connectivity index (χ2n) is 3.25. The molecule has 1 heterocycles. The lowest BCUT2D eigenvalue weighted by atomic mass is 10.3. The Morgan fingerprint density at radius 1 is 1.38 bits per heavy atom. The van der Waals surface area contributed by atoms with Gasteiger partial charge in [0.15, 0.2) is 0 Å². The van der Waals surface area contributed by atoms with E-state index in [-0.39, 0.29) is 0 Å². The first-order valence-electron chi connectivity index (χ1n) is 4.68. The minimum atomic E-state index is 0.698. The summed E-state index contributed by atoms with van der Waals surface area (Å²) in [5.74, 6) is 0. The summed E-state index contributed by atoms with van der Waals surface area (Å²) in [5, 5.41) is 5.98. The molecular weight excluding hydrogens is 308 g/mol. The fraction of sp³-hybridized carbons (Fsp3) is 0.0909. The molecule has 0 bridgehead atoms. The Hall–Kier alpha value is -0.710. The van der Waals surface area contributed by atoms with Crippen molar-refractivity contribution in [2.24, 2.45) is 0 Å². The van der Waals surface area contributed by atoms with Gasteiger partial charge in [-0.2, -0.15) is 0 Å². The topological polar surface area (TPSA) is 38.0 Å². The van der Waals surface area contributed by atoms with Gasteiger partial charge in [-0.1, -0.05) is 17.7 Å². The molecule has 0 saturated heterocycles. The Morgan fingerprint density at radius 3 is 2.88 bits per heavy atom. The highest BCUT2D eigenvalue weighted by Crippen LogP contribution is 2.31. The monoisotopic (exact) mass is 316 g/mol. The lowest BCUT2D eigenvalue weighted by Gasteiger charge is -2.08. The van der Waals surface area contributed by atoms with Crippen LogP contribution in [0.1, 0.15) is 4.88 Å². The van der Waals surface area contributed by atoms with E-state index in [1.54, 1.807) is 11.3 Å². The van der Waals surface area contributed by atoms with Crippen LogP contribution >= 0.6 is 38.9 Å². The van der Waals surface area contributed by atoms with Crippen LogP contribution < -0.4 is 11.1 Å². The zero-order valence-electron chi connectivity index (χ0n) is 8.34. The summed E-state index contributed by atoms with van der Waals surface area (Å²) in [5.41, 5.74) is 7.61. The summed E-state index contributed by atoms with van der Waals surface area (Å²) in [6, 6.07) is 7.64. The van der Waals surface area contributed by atoms with Crippen molar-refractivity contribution < 1.29 is 0 Å². The van der Waals surface area contributed by atoms with Crippen molar-refractivity contribution in [2.45, 2.75) is 6.54 Å². The molecule has 0 aliphatic rings. The Morgan fingerprint density at radius 2 is 2.19 bits per heavy atom. The molecule has 0 unspecified atom stereocenters. The molecule has 0 fully saturated rings. The Balaban J connectivity index is 2.11. The number of nitrogens with two attached hydrogens (primary N) is 1. The number of thiophene rings is 1. The lowest BCUT2D eigenvalue weighted by Crippen LogP contribution is -2.00. The third-order valence-electron chi connectivity index (χ3n) is 2.17. The van der Waals surface area contributed by atoms with Gasteiger partial charge < -0.3 is 11.1 Å². The van der Waals surface area contributed by atoms with E-state index in [9.17, 15) is 0 Å². The molecule has 0 aliphatic heterocycles. The van der Waals surface area contributed by atoms with Gasteiger partial charge in [-0.3, -0.25) is 0 Å². The van der Waals surface area contributed by atoms with Crippen LogP contribution in [0.15, 0.2) is 34.1 Å². The molecule has 2 aromatic rings. The highest BCUT2D eigenvalue weighted by atomic mass is 79.9. The number of benzene rings is 1. The number of hydrogen-bond donors (Lipinski definition) is 2. The highest BCUT2D eigenvalue weighted by Gasteiger charge is 2.05. The van der Waals surface area contributed by atoms with Gasteiger partial charge in [0.2, 0.25) is 0 Å². The average molecular weight is 318 g/mol. The molecule has 3 N–H and O–H groups in total. The van der Waals surface area contributed by atoms with Crippen molar-refractivity contribution in [2.75, 3.05) is 11.1 Å². The van der Waals surface area contributed by atoms with Crippen LogP contribution in [-0.2, 0) is 6.54 Å². The van der Waals surface area contributed by atoms with Crippen molar-refractivity contribution in [3.05, 3.63) is 44.0 Å². The van der Waals surface area contributed by atoms with Crippen molar-refractivity contribution >= 4 is 50.2 Å². The molecule has 0 radical (unpaired) electrons. The van der Waals surface area contributed by atoms with Crippen LogP contribution in [0.2, 0.25) is 5.02 Å². The lowest BCUT2D eigenvalue weighted by molar-refractivity contribution is 1.19. The Bertz CT molecular complexity index is 498. The molecule has 0 aliphatic carbocycles. The van der Waals surface area contributed by atoms with Gasteiger partial charge in [-0.05, 0) is 39.5 Å². The summed E-state index contributed by atoms with van der Waals surface area (Å²) in [6.07, 6.45) is 0. The van der Waals surface area contributed by atoms with Crippen LogP contribution in [0.3, 0.4) is 0 Å². The first-order valence-corrected chi connectivity index (χ1v) is 6.73. The van der Waals surface area contributed by atoms with Gasteiger partial charge >= 0.3 is 0 Å². The summed E-state index contributed by atoms with van der Waals surface area (Å²) in [6.45, 7) is 0.711. The van der Waals surface area contributed by atoms with Gasteiger partial charge in [0, 0.05) is 10.6 Å². The van der Waals surface area contributed by atoms with Crippen molar-refractivity contribution in [1.29, 1.82) is 0 Å². The number of rotatable bonds is 3. The van der Waals surface area contributed by atoms with Crippen LogP contribution in [0, 0.1) is 0 Å². The summed E-state index contributed by atoms with van der Waals surface area (Å²) >= 11 is 11.1. The zero-order valence-corrected chi connectivity index (χ0v) is 11.5. The van der Waals surface area contributed by atoms with Crippen molar-refractivity contribution in [3.63, 3.8) is 0 Å². The fourth-order valence-corrected chi connectivity index (χ4v) is 2.63. The van der Waals surface area contributed by atoms with Gasteiger partial charge in [0.05, 0.1) is 21.7 Å². The maximum atomic E-state index is 6.00. The summed E-state index contributed by atoms with van der Waals surface area (Å²) in [4.78, 5) is 1.13. The Labute approximate surface area is 112 Å². The molecule has 16 heavy (non-hydrogen) atoms. The fourth-order valence-electron chi connectivity index (χ4n) is 1.31. The van der Waals surface area contributed by atoms with Crippen LogP contribution in [-0.4, -0.2) is 0 Å². The van der Waals surface area contributed by atoms with E-state index in [1.165, 1.54) is 0 Å². The average Bonchev–Trinajstić information content (AvgIpc) is 2.67. The molecule has 0 spiro atoms. The van der Waals surface area contributed by atoms with E-state index < -0.39 is 0 Å². The second-order valence-corrected chi connectivity index (χ2v) is 5.45. The quantitative estimate of drug-likeness (QED) is 0.883. The van der Waals surface area contributed by atoms with E-state index in [4.69, 9.17) is 17.3 Å². The number of hydrogen-bond acceptors (Lipinski definition) is 3. The van der Waals surface area contributed by atoms with E-state index in [0.29, 0.717) is 11.6 Å². The van der Waals surface area contributed by atoms with Gasteiger partial charge in [0.25, 0.3) is 0 Å². The van der Waals surface area contributed by atoms with Crippen LogP contribution in [0.5, 0.6) is 0 Å². The molecule has 5 heteroatoms. The predicted octanol–water partition coefficient (Wildman–Crippen LogP) is 4.36. The van der Waals surface area contributed by atoms with Gasteiger partial charge in [0.1, 0.15) is 0 Å². The highest BCUT2D eigenvalue weighted by molar-refractivity contribution is 9.10. The van der Waals surface area contributed by atoms with E-state index in [1.807, 2.05) is 29.6 Å². The normalized spacial score (nSPS) is 10.4. The van der Waals surface area contributed by atoms with E-state index >= 15 is 0 Å². The van der Waals surface area contributed by atoms with E-state index in [2.05, 4.69) is 21.2 Å². The number of halogens is 2. The van der Waals surface area contributed by atoms with Crippen LogP contribution in [0.4, 0.5) is 11.4 Å². The first-order chi connectivity index (χ1) is 7.68. The molecule has 2 nitrogen and oxygen atoms in total. The zero-order chi connectivity index (χ0) is 11.5. The maximum absolute atomic E-state index is 6.00. The second kappa shape index (κ2) is 5.08. The van der Waals surface area contributed by atoms with Gasteiger partial charge in [-0.25, -0.2) is 0 Å². The van der Waals surface area contributed by atoms with Crippen molar-refractivity contribution in [3.8, 4) is 0 Å². The van der Waals surface area contributed by atoms with Gasteiger partial charge in [-0.15, -0.1) is 11.3 Å². The number of nitrogens with one attached hydrogen (secondary N) is 1. The third-order valence-corrected chi connectivity index (χ3v) is 4.51. The largest absolute Gasteiger partial charge is 0.398 e. The third kappa shape index (κ3) is 2.51. The number of anilines is 2. The molecule has 84 valence electrons. The molecule has 0 atom stereocenters. The molecule has 1 aromatic heterocycles. The smallest absolute Gasteiger partial charge is 0.0593 e. The minimum Gasteiger partial charge on any atom is -0.398 e. The predicted molar refractivity (Wildman–Crippen MR) is 75.2 cm³/mol. The molecule has 1 aromatic carbocycles. The van der Waals surface area contributed by atoms with Crippen LogP contribution in [0.25, 0.3) is 0 Å². The maximum Gasteiger partial charge on any atom is 0.0593 e. The molecule has 2 rings (SSSR count). The van der Waals surface area contributed by atoms with Crippen molar-refractivity contribution in [1.82, 2.24) is 0 Å². The minimum absolute atomic E-state index is 0.698. The molecular formula is C11H10BrClN2S. The number of nitrogen functional groups attached to an aromatic ring is 1. The molecule has 0 amide bonds. The van der Waals surface area contributed by atoms with E-state index in [0.717, 1.165) is 20.7 Å². The molecule has 0 saturated carbocycles. The first kappa shape index (κ1) is 11.8. The summed E-state index contributed by atoms with van der Waals surface area (Å²) in [7, 11) is 0. The Kier molecular flexibility index (Phi) is 3.74. The summed E-state index contributed by atoms with van der Waals surface area (Å²) < 4.78 is 0.881. The standard InChI is InChI=1S/C11H10BrClN2S/c12-11-7(13)2-1-3-9(11)15-6-10-8(14)4-5-16-10/h1-5,15H,6,14H2. The SMILES string of the molecule is Nc1ccsc1CNc1cccc(Cl)c1Br.